The first-order valence-corrected chi connectivity index (χ1v) is 7.92. The van der Waals surface area contributed by atoms with E-state index in [4.69, 9.17) is 4.74 Å². The van der Waals surface area contributed by atoms with Gasteiger partial charge in [0.05, 0.1) is 11.0 Å². The Hall–Kier alpha value is -0.890. The van der Waals surface area contributed by atoms with Crippen LogP contribution in [0.4, 0.5) is 0 Å². The minimum atomic E-state index is -3.45. The maximum atomic E-state index is 12.2. The van der Waals surface area contributed by atoms with Crippen LogP contribution in [0.25, 0.3) is 0 Å². The summed E-state index contributed by atoms with van der Waals surface area (Å²) < 4.78 is 34.2. The van der Waals surface area contributed by atoms with E-state index in [1.54, 1.807) is 12.3 Å². The van der Waals surface area contributed by atoms with E-state index in [9.17, 15) is 8.42 Å². The van der Waals surface area contributed by atoms with Crippen LogP contribution in [0.1, 0.15) is 18.5 Å². The molecule has 0 aliphatic carbocycles. The van der Waals surface area contributed by atoms with Gasteiger partial charge in [0.1, 0.15) is 0 Å². The molecule has 0 spiro atoms. The molecule has 2 rings (SSSR count). The number of sulfonamides is 1. The highest BCUT2D eigenvalue weighted by molar-refractivity contribution is 7.89. The van der Waals surface area contributed by atoms with Gasteiger partial charge in [-0.3, -0.25) is 0 Å². The van der Waals surface area contributed by atoms with Gasteiger partial charge in [0.2, 0.25) is 10.0 Å². The quantitative estimate of drug-likeness (QED) is 0.784. The molecular weight excluding hydrogens is 266 g/mol. The molecule has 1 unspecified atom stereocenters. The normalized spacial score (nSPS) is 20.0. The third-order valence-corrected chi connectivity index (χ3v) is 4.67. The zero-order valence-corrected chi connectivity index (χ0v) is 12.2. The Morgan fingerprint density at radius 1 is 1.53 bits per heavy atom. The first-order chi connectivity index (χ1) is 9.03. The molecule has 0 radical (unpaired) electrons. The van der Waals surface area contributed by atoms with E-state index in [1.807, 2.05) is 18.7 Å². The second kappa shape index (κ2) is 6.04. The summed E-state index contributed by atoms with van der Waals surface area (Å²) in [7, 11) is 0.223. The van der Waals surface area contributed by atoms with Gasteiger partial charge in [-0.2, -0.15) is 0 Å². The van der Waals surface area contributed by atoms with Crippen molar-refractivity contribution in [2.24, 2.45) is 7.05 Å². The smallest absolute Gasteiger partial charge is 0.242 e. The summed E-state index contributed by atoms with van der Waals surface area (Å²) in [6.07, 6.45) is 3.56. The molecule has 1 fully saturated rings. The number of nitrogens with one attached hydrogen (secondary N) is 2. The van der Waals surface area contributed by atoms with Crippen molar-refractivity contribution in [1.82, 2.24) is 14.6 Å². The Labute approximate surface area is 114 Å². The lowest BCUT2D eigenvalue weighted by Crippen LogP contribution is -2.31. The minimum Gasteiger partial charge on any atom is -0.377 e. The third-order valence-electron chi connectivity index (χ3n) is 3.28. The monoisotopic (exact) mass is 287 g/mol. The van der Waals surface area contributed by atoms with Crippen molar-refractivity contribution >= 4 is 10.0 Å². The molecule has 1 aliphatic rings. The lowest BCUT2D eigenvalue weighted by atomic mass is 10.2. The molecule has 0 aromatic carbocycles. The predicted octanol–water partition coefficient (Wildman–Crippen LogP) is 0.202. The zero-order chi connectivity index (χ0) is 13.9. The summed E-state index contributed by atoms with van der Waals surface area (Å²) in [5, 5.41) is 3.01. The Morgan fingerprint density at radius 3 is 2.95 bits per heavy atom. The largest absolute Gasteiger partial charge is 0.377 e. The highest BCUT2D eigenvalue weighted by Gasteiger charge is 2.21. The van der Waals surface area contributed by atoms with Crippen LogP contribution < -0.4 is 10.0 Å². The van der Waals surface area contributed by atoms with Crippen LogP contribution in [-0.4, -0.2) is 39.3 Å². The van der Waals surface area contributed by atoms with E-state index in [0.717, 1.165) is 25.1 Å². The molecule has 19 heavy (non-hydrogen) atoms. The predicted molar refractivity (Wildman–Crippen MR) is 72.3 cm³/mol. The van der Waals surface area contributed by atoms with Crippen LogP contribution in [0.2, 0.25) is 0 Å². The van der Waals surface area contributed by atoms with E-state index in [0.29, 0.717) is 18.0 Å². The molecule has 1 saturated heterocycles. The highest BCUT2D eigenvalue weighted by Crippen LogP contribution is 2.15. The standard InChI is InChI=1S/C12H21N3O3S/c1-13-7-10-6-12(9-15(10)2)19(16,17)14-8-11-4-3-5-18-11/h6,9,11,13-14H,3-5,7-8H2,1-2H3. The fraction of sp³-hybridized carbons (Fsp3) is 0.667. The van der Waals surface area contributed by atoms with Crippen LogP contribution >= 0.6 is 0 Å². The van der Waals surface area contributed by atoms with E-state index < -0.39 is 10.0 Å². The second-order valence-electron chi connectivity index (χ2n) is 4.80. The zero-order valence-electron chi connectivity index (χ0n) is 11.3. The topological polar surface area (TPSA) is 72.4 Å². The van der Waals surface area contributed by atoms with Crippen LogP contribution in [0.3, 0.4) is 0 Å². The van der Waals surface area contributed by atoms with E-state index in [2.05, 4.69) is 10.0 Å². The fourth-order valence-corrected chi connectivity index (χ4v) is 3.33. The molecule has 0 amide bonds. The van der Waals surface area contributed by atoms with Gasteiger partial charge in [-0.1, -0.05) is 0 Å². The van der Waals surface area contributed by atoms with Crippen molar-refractivity contribution in [3.63, 3.8) is 0 Å². The number of aromatic nitrogens is 1. The third kappa shape index (κ3) is 3.56. The van der Waals surface area contributed by atoms with E-state index >= 15 is 0 Å². The lowest BCUT2D eigenvalue weighted by molar-refractivity contribution is 0.114. The summed E-state index contributed by atoms with van der Waals surface area (Å²) in [6, 6.07) is 1.69. The average Bonchev–Trinajstić information content (AvgIpc) is 2.98. The average molecular weight is 287 g/mol. The summed E-state index contributed by atoms with van der Waals surface area (Å²) >= 11 is 0. The molecule has 1 atom stereocenters. The van der Waals surface area contributed by atoms with Crippen molar-refractivity contribution in [3.8, 4) is 0 Å². The Morgan fingerprint density at radius 2 is 2.32 bits per heavy atom. The first kappa shape index (κ1) is 14.5. The molecule has 108 valence electrons. The molecule has 0 bridgehead atoms. The molecular formula is C12H21N3O3S. The number of ether oxygens (including phenoxy) is 1. The van der Waals surface area contributed by atoms with Gasteiger partial charge in [0.25, 0.3) is 0 Å². The summed E-state index contributed by atoms with van der Waals surface area (Å²) in [4.78, 5) is 0.304. The maximum absolute atomic E-state index is 12.2. The van der Waals surface area contributed by atoms with Crippen molar-refractivity contribution in [1.29, 1.82) is 0 Å². The molecule has 1 aromatic heterocycles. The van der Waals surface area contributed by atoms with Crippen molar-refractivity contribution in [3.05, 3.63) is 18.0 Å². The second-order valence-corrected chi connectivity index (χ2v) is 6.56. The van der Waals surface area contributed by atoms with Crippen LogP contribution in [0.5, 0.6) is 0 Å². The number of aryl methyl sites for hydroxylation is 1. The number of hydrogen-bond acceptors (Lipinski definition) is 4. The Kier molecular flexibility index (Phi) is 4.62. The lowest BCUT2D eigenvalue weighted by Gasteiger charge is -2.10. The minimum absolute atomic E-state index is 0.00951. The number of nitrogens with zero attached hydrogens (tertiary/aromatic N) is 1. The van der Waals surface area contributed by atoms with Gasteiger partial charge in [0.15, 0.2) is 0 Å². The number of hydrogen-bond donors (Lipinski definition) is 2. The van der Waals surface area contributed by atoms with Crippen LogP contribution in [0.15, 0.2) is 17.2 Å². The SMILES string of the molecule is CNCc1cc(S(=O)(=O)NCC2CCCO2)cn1C. The van der Waals surface area contributed by atoms with Gasteiger partial charge in [0, 0.05) is 38.6 Å². The Balaban J connectivity index is 2.03. The summed E-state index contributed by atoms with van der Waals surface area (Å²) in [5.41, 5.74) is 0.931. The molecule has 0 saturated carbocycles. The maximum Gasteiger partial charge on any atom is 0.242 e. The van der Waals surface area contributed by atoms with Crippen molar-refractivity contribution in [2.45, 2.75) is 30.4 Å². The molecule has 6 nitrogen and oxygen atoms in total. The van der Waals surface area contributed by atoms with Crippen molar-refractivity contribution < 1.29 is 13.2 Å². The summed E-state index contributed by atoms with van der Waals surface area (Å²) in [6.45, 7) is 1.71. The molecule has 7 heteroatoms. The molecule has 1 aromatic rings. The van der Waals surface area contributed by atoms with E-state index in [-0.39, 0.29) is 6.10 Å². The fourth-order valence-electron chi connectivity index (χ4n) is 2.17. The van der Waals surface area contributed by atoms with Gasteiger partial charge in [-0.15, -0.1) is 0 Å². The van der Waals surface area contributed by atoms with Gasteiger partial charge in [-0.25, -0.2) is 13.1 Å². The molecule has 2 heterocycles. The van der Waals surface area contributed by atoms with Crippen molar-refractivity contribution in [2.75, 3.05) is 20.2 Å². The summed E-state index contributed by atoms with van der Waals surface area (Å²) in [5.74, 6) is 0. The van der Waals surface area contributed by atoms with Gasteiger partial charge >= 0.3 is 0 Å². The van der Waals surface area contributed by atoms with Crippen LogP contribution in [0, 0.1) is 0 Å². The number of rotatable bonds is 6. The highest BCUT2D eigenvalue weighted by atomic mass is 32.2. The van der Waals surface area contributed by atoms with Gasteiger partial charge < -0.3 is 14.6 Å². The van der Waals surface area contributed by atoms with E-state index in [1.165, 1.54) is 0 Å². The van der Waals surface area contributed by atoms with Gasteiger partial charge in [-0.05, 0) is 26.0 Å². The first-order valence-electron chi connectivity index (χ1n) is 6.44. The molecule has 2 N–H and O–H groups in total. The van der Waals surface area contributed by atoms with Crippen LogP contribution in [-0.2, 0) is 28.4 Å². The Bertz CT molecular complexity index is 518. The molecule has 1 aliphatic heterocycles.